The topological polar surface area (TPSA) is 81.4 Å². The van der Waals surface area contributed by atoms with E-state index in [2.05, 4.69) is 5.32 Å². The third-order valence-electron chi connectivity index (χ3n) is 3.13. The third kappa shape index (κ3) is 4.33. The summed E-state index contributed by atoms with van der Waals surface area (Å²) >= 11 is 1.20. The van der Waals surface area contributed by atoms with Crippen LogP contribution in [0.5, 0.6) is 5.75 Å². The summed E-state index contributed by atoms with van der Waals surface area (Å²) in [6.45, 7) is 2.36. The van der Waals surface area contributed by atoms with Crippen LogP contribution in [0.2, 0.25) is 0 Å². The normalized spacial score (nSPS) is 11.7. The van der Waals surface area contributed by atoms with Crippen LogP contribution in [0.4, 0.5) is 0 Å². The molecule has 1 unspecified atom stereocenters. The Hall–Kier alpha value is -2.34. The molecule has 2 amide bonds. The van der Waals surface area contributed by atoms with E-state index in [1.807, 2.05) is 37.3 Å². The van der Waals surface area contributed by atoms with Crippen molar-refractivity contribution < 1.29 is 14.3 Å². The van der Waals surface area contributed by atoms with Gasteiger partial charge in [-0.2, -0.15) is 0 Å². The molecule has 0 aliphatic heterocycles. The van der Waals surface area contributed by atoms with E-state index in [0.717, 1.165) is 12.2 Å². The lowest BCUT2D eigenvalue weighted by Crippen LogP contribution is -2.38. The van der Waals surface area contributed by atoms with Gasteiger partial charge in [0.2, 0.25) is 5.91 Å². The molecule has 1 atom stereocenters. The van der Waals surface area contributed by atoms with E-state index in [4.69, 9.17) is 10.5 Å². The number of thiophene rings is 1. The number of carbonyl (C=O) groups is 2. The first-order valence-electron chi connectivity index (χ1n) is 6.97. The van der Waals surface area contributed by atoms with E-state index in [1.54, 1.807) is 5.38 Å². The fourth-order valence-corrected chi connectivity index (χ4v) is 2.62. The van der Waals surface area contributed by atoms with Crippen LogP contribution in [0.1, 0.15) is 33.4 Å². The quantitative estimate of drug-likeness (QED) is 0.822. The zero-order valence-corrected chi connectivity index (χ0v) is 13.1. The number of nitrogens with two attached hydrogens (primary N) is 1. The minimum absolute atomic E-state index is 0.105. The highest BCUT2D eigenvalue weighted by molar-refractivity contribution is 7.12. The van der Waals surface area contributed by atoms with Gasteiger partial charge in [0.15, 0.2) is 0 Å². The maximum absolute atomic E-state index is 12.2. The Morgan fingerprint density at radius 3 is 2.64 bits per heavy atom. The van der Waals surface area contributed by atoms with Crippen molar-refractivity contribution >= 4 is 23.2 Å². The fraction of sp³-hybridized carbons (Fsp3) is 0.250. The fourth-order valence-electron chi connectivity index (χ4n) is 1.82. The van der Waals surface area contributed by atoms with Gasteiger partial charge < -0.3 is 15.8 Å². The number of rotatable bonds is 7. The number of primary amides is 1. The van der Waals surface area contributed by atoms with Gasteiger partial charge in [-0.3, -0.25) is 9.59 Å². The van der Waals surface area contributed by atoms with E-state index in [9.17, 15) is 9.59 Å². The summed E-state index contributed by atoms with van der Waals surface area (Å²) in [5.74, 6) is 0.0121. The number of nitrogens with one attached hydrogen (secondary N) is 1. The smallest absolute Gasteiger partial charge is 0.261 e. The molecule has 1 aromatic carbocycles. The van der Waals surface area contributed by atoms with Crippen molar-refractivity contribution in [1.29, 1.82) is 0 Å². The van der Waals surface area contributed by atoms with E-state index >= 15 is 0 Å². The second-order valence-electron chi connectivity index (χ2n) is 4.77. The lowest BCUT2D eigenvalue weighted by Gasteiger charge is -2.17. The maximum Gasteiger partial charge on any atom is 0.261 e. The summed E-state index contributed by atoms with van der Waals surface area (Å²) in [5.41, 5.74) is 5.53. The summed E-state index contributed by atoms with van der Waals surface area (Å²) in [7, 11) is 0. The molecule has 2 aromatic rings. The molecule has 6 heteroatoms. The molecule has 1 heterocycles. The Kier molecular flexibility index (Phi) is 5.55. The summed E-state index contributed by atoms with van der Waals surface area (Å²) in [4.78, 5) is 23.7. The predicted molar refractivity (Wildman–Crippen MR) is 86.3 cm³/mol. The number of para-hydroxylation sites is 1. The molecular formula is C16H18N2O3S. The number of amides is 2. The van der Waals surface area contributed by atoms with Gasteiger partial charge in [-0.25, -0.2) is 0 Å². The highest BCUT2D eigenvalue weighted by Gasteiger charge is 2.16. The lowest BCUT2D eigenvalue weighted by molar-refractivity contribution is 0.0924. The van der Waals surface area contributed by atoms with Crippen LogP contribution < -0.4 is 15.8 Å². The Morgan fingerprint density at radius 2 is 2.05 bits per heavy atom. The lowest BCUT2D eigenvalue weighted by atomic mass is 10.2. The van der Waals surface area contributed by atoms with Gasteiger partial charge in [-0.15, -0.1) is 11.3 Å². The van der Waals surface area contributed by atoms with Gasteiger partial charge in [-0.05, 0) is 24.6 Å². The molecule has 5 nitrogen and oxygen atoms in total. The van der Waals surface area contributed by atoms with E-state index in [-0.39, 0.29) is 11.9 Å². The minimum Gasteiger partial charge on any atom is -0.491 e. The largest absolute Gasteiger partial charge is 0.491 e. The van der Waals surface area contributed by atoms with Crippen molar-refractivity contribution in [1.82, 2.24) is 5.32 Å². The molecule has 0 bridgehead atoms. The molecule has 0 radical (unpaired) electrons. The number of hydrogen-bond acceptors (Lipinski definition) is 4. The van der Waals surface area contributed by atoms with Crippen molar-refractivity contribution in [3.05, 3.63) is 52.2 Å². The Labute approximate surface area is 133 Å². The predicted octanol–water partition coefficient (Wildman–Crippen LogP) is 2.43. The molecule has 0 aliphatic carbocycles. The second-order valence-corrected chi connectivity index (χ2v) is 5.68. The highest BCUT2D eigenvalue weighted by Crippen LogP contribution is 2.15. The van der Waals surface area contributed by atoms with Crippen LogP contribution >= 0.6 is 11.3 Å². The summed E-state index contributed by atoms with van der Waals surface area (Å²) in [6.07, 6.45) is 0.743. The van der Waals surface area contributed by atoms with Crippen LogP contribution in [-0.4, -0.2) is 24.5 Å². The van der Waals surface area contributed by atoms with Gasteiger partial charge in [-0.1, -0.05) is 25.1 Å². The molecule has 2 rings (SSSR count). The standard InChI is InChI=1S/C16H18N2O3S/c1-2-12(9-21-13-6-4-3-5-7-13)18-16(20)14-8-11(10-22-14)15(17)19/h3-8,10,12H,2,9H2,1H3,(H2,17,19)(H,18,20). The van der Waals surface area contributed by atoms with Crippen molar-refractivity contribution in [2.75, 3.05) is 6.61 Å². The van der Waals surface area contributed by atoms with Crippen LogP contribution in [0.15, 0.2) is 41.8 Å². The average molecular weight is 318 g/mol. The molecule has 0 spiro atoms. The zero-order valence-electron chi connectivity index (χ0n) is 12.2. The first-order chi connectivity index (χ1) is 10.6. The number of ether oxygens (including phenoxy) is 1. The van der Waals surface area contributed by atoms with E-state index < -0.39 is 5.91 Å². The zero-order chi connectivity index (χ0) is 15.9. The van der Waals surface area contributed by atoms with Crippen molar-refractivity contribution in [3.8, 4) is 5.75 Å². The average Bonchev–Trinajstić information content (AvgIpc) is 3.02. The van der Waals surface area contributed by atoms with Crippen LogP contribution in [0.25, 0.3) is 0 Å². The molecule has 0 saturated carbocycles. The van der Waals surface area contributed by atoms with Gasteiger partial charge >= 0.3 is 0 Å². The first-order valence-corrected chi connectivity index (χ1v) is 7.85. The molecule has 0 saturated heterocycles. The van der Waals surface area contributed by atoms with Crippen LogP contribution in [0, 0.1) is 0 Å². The second kappa shape index (κ2) is 7.61. The number of hydrogen-bond donors (Lipinski definition) is 2. The Bertz CT molecular complexity index is 640. The number of carbonyl (C=O) groups excluding carboxylic acids is 2. The monoisotopic (exact) mass is 318 g/mol. The SMILES string of the molecule is CCC(COc1ccccc1)NC(=O)c1cc(C(N)=O)cs1. The van der Waals surface area contributed by atoms with Gasteiger partial charge in [0, 0.05) is 5.38 Å². The van der Waals surface area contributed by atoms with Crippen molar-refractivity contribution in [2.45, 2.75) is 19.4 Å². The maximum atomic E-state index is 12.2. The third-order valence-corrected chi connectivity index (χ3v) is 4.06. The molecule has 3 N–H and O–H groups in total. The summed E-state index contributed by atoms with van der Waals surface area (Å²) in [5, 5.41) is 4.48. The summed E-state index contributed by atoms with van der Waals surface area (Å²) < 4.78 is 5.65. The van der Waals surface area contributed by atoms with Gasteiger partial charge in [0.1, 0.15) is 12.4 Å². The first kappa shape index (κ1) is 16.0. The summed E-state index contributed by atoms with van der Waals surface area (Å²) in [6, 6.07) is 10.8. The number of benzene rings is 1. The van der Waals surface area contributed by atoms with Crippen LogP contribution in [0.3, 0.4) is 0 Å². The van der Waals surface area contributed by atoms with Gasteiger partial charge in [0.05, 0.1) is 16.5 Å². The van der Waals surface area contributed by atoms with E-state index in [1.165, 1.54) is 17.4 Å². The van der Waals surface area contributed by atoms with Crippen LogP contribution in [-0.2, 0) is 0 Å². The molecular weight excluding hydrogens is 300 g/mol. The minimum atomic E-state index is -0.533. The molecule has 22 heavy (non-hydrogen) atoms. The molecule has 1 aromatic heterocycles. The molecule has 0 aliphatic rings. The van der Waals surface area contributed by atoms with Crippen molar-refractivity contribution in [3.63, 3.8) is 0 Å². The Balaban J connectivity index is 1.91. The molecule has 0 fully saturated rings. The van der Waals surface area contributed by atoms with E-state index in [0.29, 0.717) is 17.0 Å². The molecule has 116 valence electrons. The Morgan fingerprint density at radius 1 is 1.32 bits per heavy atom. The van der Waals surface area contributed by atoms with Gasteiger partial charge in [0.25, 0.3) is 5.91 Å². The van der Waals surface area contributed by atoms with Crippen molar-refractivity contribution in [2.24, 2.45) is 5.73 Å². The highest BCUT2D eigenvalue weighted by atomic mass is 32.1.